The van der Waals surface area contributed by atoms with Gasteiger partial charge in [-0.15, -0.1) is 0 Å². The van der Waals surface area contributed by atoms with E-state index in [0.29, 0.717) is 25.9 Å². The van der Waals surface area contributed by atoms with Crippen molar-refractivity contribution in [3.63, 3.8) is 0 Å². The van der Waals surface area contributed by atoms with Gasteiger partial charge in [0.05, 0.1) is 24.0 Å². The maximum absolute atomic E-state index is 13.2. The molecule has 1 saturated heterocycles. The number of hydrogen-bond donors (Lipinski definition) is 0. The van der Waals surface area contributed by atoms with Crippen molar-refractivity contribution in [2.24, 2.45) is 0 Å². The van der Waals surface area contributed by atoms with Crippen LogP contribution in [0.5, 0.6) is 6.01 Å². The highest BCUT2D eigenvalue weighted by Gasteiger charge is 2.25. The molecule has 0 spiro atoms. The summed E-state index contributed by atoms with van der Waals surface area (Å²) >= 11 is 5.76. The Morgan fingerprint density at radius 3 is 2.81 bits per heavy atom. The number of rotatable bonds is 5. The number of piperidine rings is 1. The molecule has 1 aromatic carbocycles. The van der Waals surface area contributed by atoms with Crippen molar-refractivity contribution >= 4 is 17.5 Å². The highest BCUT2D eigenvalue weighted by Crippen LogP contribution is 2.19. The molecule has 5 nitrogen and oxygen atoms in total. The molecule has 2 aromatic rings. The maximum Gasteiger partial charge on any atom is 0.316 e. The highest BCUT2D eigenvalue weighted by atomic mass is 35.5. The molecule has 0 aliphatic carbocycles. The molecule has 1 unspecified atom stereocenters. The fourth-order valence-corrected chi connectivity index (χ4v) is 3.08. The predicted molar refractivity (Wildman–Crippen MR) is 92.0 cm³/mol. The number of carbonyl (C=O) groups is 1. The molecule has 138 valence electrons. The van der Waals surface area contributed by atoms with Crippen molar-refractivity contribution in [3.05, 3.63) is 52.8 Å². The molecule has 1 aromatic heterocycles. The molecule has 2 heterocycles. The first-order valence-electron chi connectivity index (χ1n) is 8.37. The van der Waals surface area contributed by atoms with Gasteiger partial charge in [0.2, 0.25) is 5.91 Å². The number of nitrogens with zero attached hydrogens (tertiary/aromatic N) is 3. The van der Waals surface area contributed by atoms with Gasteiger partial charge < -0.3 is 9.64 Å². The number of likely N-dealkylation sites (tertiary alicyclic amines) is 1. The molecule has 1 amide bonds. The van der Waals surface area contributed by atoms with E-state index in [-0.39, 0.29) is 23.0 Å². The van der Waals surface area contributed by atoms with Crippen LogP contribution in [0.2, 0.25) is 5.02 Å². The lowest BCUT2D eigenvalue weighted by Crippen LogP contribution is -2.44. The lowest BCUT2D eigenvalue weighted by atomic mass is 10.1. The van der Waals surface area contributed by atoms with E-state index in [4.69, 9.17) is 16.3 Å². The predicted octanol–water partition coefficient (Wildman–Crippen LogP) is 3.41. The Kier molecular flexibility index (Phi) is 5.98. The molecular formula is C18H18ClF2N3O2. The maximum atomic E-state index is 13.2. The summed E-state index contributed by atoms with van der Waals surface area (Å²) in [5.74, 6) is -1.00. The van der Waals surface area contributed by atoms with Crippen molar-refractivity contribution in [2.45, 2.75) is 31.8 Å². The van der Waals surface area contributed by atoms with Crippen LogP contribution in [-0.4, -0.2) is 40.0 Å². The van der Waals surface area contributed by atoms with Crippen LogP contribution < -0.4 is 4.74 Å². The zero-order valence-corrected chi connectivity index (χ0v) is 14.8. The Hall–Kier alpha value is -2.28. The Morgan fingerprint density at radius 2 is 2.08 bits per heavy atom. The summed E-state index contributed by atoms with van der Waals surface area (Å²) in [5, 5.41) is 0.0562. The average Bonchev–Trinajstić information content (AvgIpc) is 2.64. The summed E-state index contributed by atoms with van der Waals surface area (Å²) in [6.07, 6.45) is 4.24. The molecule has 1 aliphatic rings. The number of ether oxygens (including phenoxy) is 1. The Morgan fingerprint density at radius 1 is 1.31 bits per heavy atom. The first-order chi connectivity index (χ1) is 12.5. The number of benzene rings is 1. The Balaban J connectivity index is 1.52. The standard InChI is InChI=1S/C18H18ClF2N3O2/c19-15-8-12(3-5-16(15)21)4-6-17(25)24-7-1-2-14(11-24)26-18-22-9-13(20)10-23-18/h3,5,8-10,14H,1-2,4,6-7,11H2. The van der Waals surface area contributed by atoms with Gasteiger partial charge >= 0.3 is 6.01 Å². The second kappa shape index (κ2) is 8.40. The minimum Gasteiger partial charge on any atom is -0.458 e. The van der Waals surface area contributed by atoms with Crippen LogP contribution in [0.4, 0.5) is 8.78 Å². The number of hydrogen-bond acceptors (Lipinski definition) is 4. The first kappa shape index (κ1) is 18.5. The van der Waals surface area contributed by atoms with Gasteiger partial charge in [0.25, 0.3) is 0 Å². The second-order valence-electron chi connectivity index (χ2n) is 6.15. The van der Waals surface area contributed by atoms with E-state index < -0.39 is 11.6 Å². The van der Waals surface area contributed by atoms with Crippen molar-refractivity contribution in [1.82, 2.24) is 14.9 Å². The van der Waals surface area contributed by atoms with Gasteiger partial charge in [0, 0.05) is 13.0 Å². The third-order valence-electron chi connectivity index (χ3n) is 4.21. The van der Waals surface area contributed by atoms with Crippen LogP contribution in [0.3, 0.4) is 0 Å². The fourth-order valence-electron chi connectivity index (χ4n) is 2.88. The van der Waals surface area contributed by atoms with E-state index >= 15 is 0 Å². The van der Waals surface area contributed by atoms with Gasteiger partial charge in [0.15, 0.2) is 5.82 Å². The smallest absolute Gasteiger partial charge is 0.316 e. The molecule has 1 aliphatic heterocycles. The van der Waals surface area contributed by atoms with E-state index in [1.165, 1.54) is 12.1 Å². The topological polar surface area (TPSA) is 55.3 Å². The van der Waals surface area contributed by atoms with Crippen LogP contribution in [0.1, 0.15) is 24.8 Å². The number of amides is 1. The van der Waals surface area contributed by atoms with Crippen LogP contribution in [-0.2, 0) is 11.2 Å². The van der Waals surface area contributed by atoms with Crippen LogP contribution in [0.15, 0.2) is 30.6 Å². The van der Waals surface area contributed by atoms with Gasteiger partial charge in [-0.25, -0.2) is 18.7 Å². The summed E-state index contributed by atoms with van der Waals surface area (Å²) in [7, 11) is 0. The molecule has 0 bridgehead atoms. The first-order valence-corrected chi connectivity index (χ1v) is 8.75. The second-order valence-corrected chi connectivity index (χ2v) is 6.56. The van der Waals surface area contributed by atoms with E-state index in [1.54, 1.807) is 11.0 Å². The number of halogens is 3. The summed E-state index contributed by atoms with van der Waals surface area (Å²) in [5.41, 5.74) is 0.814. The van der Waals surface area contributed by atoms with Gasteiger partial charge in [0.1, 0.15) is 11.9 Å². The summed E-state index contributed by atoms with van der Waals surface area (Å²) in [4.78, 5) is 21.7. The van der Waals surface area contributed by atoms with Crippen LogP contribution >= 0.6 is 11.6 Å². The molecule has 0 saturated carbocycles. The quantitative estimate of drug-likeness (QED) is 0.796. The molecule has 0 N–H and O–H groups in total. The van der Waals surface area contributed by atoms with Gasteiger partial charge in [-0.1, -0.05) is 17.7 Å². The van der Waals surface area contributed by atoms with Crippen LogP contribution in [0.25, 0.3) is 0 Å². The third kappa shape index (κ3) is 4.88. The lowest BCUT2D eigenvalue weighted by molar-refractivity contribution is -0.133. The molecule has 8 heteroatoms. The van der Waals surface area contributed by atoms with Crippen molar-refractivity contribution in [1.29, 1.82) is 0 Å². The van der Waals surface area contributed by atoms with E-state index in [0.717, 1.165) is 30.8 Å². The van der Waals surface area contributed by atoms with Gasteiger partial charge in [-0.3, -0.25) is 4.79 Å². The molecule has 3 rings (SSSR count). The minimum absolute atomic E-state index is 0.00114. The Bertz CT molecular complexity index is 774. The number of aryl methyl sites for hydroxylation is 1. The van der Waals surface area contributed by atoms with Gasteiger partial charge in [-0.05, 0) is 37.0 Å². The average molecular weight is 382 g/mol. The summed E-state index contributed by atoms with van der Waals surface area (Å²) in [6.45, 7) is 1.09. The third-order valence-corrected chi connectivity index (χ3v) is 4.50. The van der Waals surface area contributed by atoms with Gasteiger partial charge in [-0.2, -0.15) is 0 Å². The zero-order chi connectivity index (χ0) is 18.5. The highest BCUT2D eigenvalue weighted by molar-refractivity contribution is 6.30. The molecule has 26 heavy (non-hydrogen) atoms. The number of carbonyl (C=O) groups excluding carboxylic acids is 1. The Labute approximate surface area is 155 Å². The fraction of sp³-hybridized carbons (Fsp3) is 0.389. The summed E-state index contributed by atoms with van der Waals surface area (Å²) < 4.78 is 31.7. The largest absolute Gasteiger partial charge is 0.458 e. The molecule has 0 radical (unpaired) electrons. The normalized spacial score (nSPS) is 17.2. The SMILES string of the molecule is O=C(CCc1ccc(F)c(Cl)c1)N1CCCC(Oc2ncc(F)cn2)C1. The van der Waals surface area contributed by atoms with E-state index in [2.05, 4.69) is 9.97 Å². The summed E-state index contributed by atoms with van der Waals surface area (Å²) in [6, 6.07) is 4.57. The zero-order valence-electron chi connectivity index (χ0n) is 14.0. The van der Waals surface area contributed by atoms with Crippen LogP contribution in [0, 0.1) is 11.6 Å². The minimum atomic E-state index is -0.529. The lowest BCUT2D eigenvalue weighted by Gasteiger charge is -2.32. The van der Waals surface area contributed by atoms with Crippen molar-refractivity contribution in [3.8, 4) is 6.01 Å². The monoisotopic (exact) mass is 381 g/mol. The number of aromatic nitrogens is 2. The molecule has 1 atom stereocenters. The van der Waals surface area contributed by atoms with Crippen molar-refractivity contribution in [2.75, 3.05) is 13.1 Å². The van der Waals surface area contributed by atoms with Crippen molar-refractivity contribution < 1.29 is 18.3 Å². The molecule has 1 fully saturated rings. The van der Waals surface area contributed by atoms with E-state index in [1.807, 2.05) is 0 Å². The molecular weight excluding hydrogens is 364 g/mol. The van der Waals surface area contributed by atoms with E-state index in [9.17, 15) is 13.6 Å².